The van der Waals surface area contributed by atoms with Gasteiger partial charge in [-0.2, -0.15) is 10.1 Å². The van der Waals surface area contributed by atoms with Crippen molar-refractivity contribution in [3.05, 3.63) is 30.5 Å². The van der Waals surface area contributed by atoms with Gasteiger partial charge >= 0.3 is 0 Å². The first kappa shape index (κ1) is 14.0. The van der Waals surface area contributed by atoms with Crippen molar-refractivity contribution in [3.8, 4) is 11.3 Å². The van der Waals surface area contributed by atoms with E-state index in [0.717, 1.165) is 54.1 Å². The smallest absolute Gasteiger partial charge is 0.222 e. The zero-order valence-corrected chi connectivity index (χ0v) is 12.7. The van der Waals surface area contributed by atoms with Gasteiger partial charge in [-0.1, -0.05) is 6.07 Å². The Kier molecular flexibility index (Phi) is 3.55. The van der Waals surface area contributed by atoms with Crippen molar-refractivity contribution in [1.82, 2.24) is 20.2 Å². The number of benzene rings is 1. The number of rotatable bonds is 2. The molecule has 1 aliphatic heterocycles. The summed E-state index contributed by atoms with van der Waals surface area (Å²) in [7, 11) is 0. The zero-order chi connectivity index (χ0) is 15.6. The largest absolute Gasteiger partial charge is 0.380 e. The van der Waals surface area contributed by atoms with Crippen LogP contribution in [0.3, 0.4) is 0 Å². The Morgan fingerprint density at radius 2 is 2.09 bits per heavy atom. The van der Waals surface area contributed by atoms with E-state index in [9.17, 15) is 0 Å². The predicted octanol–water partition coefficient (Wildman–Crippen LogP) is 1.83. The van der Waals surface area contributed by atoms with Crippen LogP contribution in [0.15, 0.2) is 30.5 Å². The average Bonchev–Trinajstić information content (AvgIpc) is 2.96. The molecule has 0 atom stereocenters. The van der Waals surface area contributed by atoms with E-state index >= 15 is 0 Å². The van der Waals surface area contributed by atoms with Crippen molar-refractivity contribution in [2.45, 2.75) is 6.42 Å². The zero-order valence-electron chi connectivity index (χ0n) is 12.7. The molecule has 0 spiro atoms. The monoisotopic (exact) mass is 310 g/mol. The fourth-order valence-electron chi connectivity index (χ4n) is 2.91. The van der Waals surface area contributed by atoms with E-state index in [-0.39, 0.29) is 0 Å². The van der Waals surface area contributed by atoms with E-state index in [0.29, 0.717) is 12.6 Å². The molecule has 1 aromatic carbocycles. The van der Waals surface area contributed by atoms with Gasteiger partial charge in [0.05, 0.1) is 17.8 Å². The number of aromatic amines is 1. The third-order valence-corrected chi connectivity index (χ3v) is 4.03. The quantitative estimate of drug-likeness (QED) is 0.750. The summed E-state index contributed by atoms with van der Waals surface area (Å²) in [5, 5.41) is 7.96. The van der Waals surface area contributed by atoms with E-state index in [1.165, 1.54) is 0 Å². The molecule has 0 bridgehead atoms. The van der Waals surface area contributed by atoms with Crippen LogP contribution in [0.4, 0.5) is 11.8 Å². The summed E-state index contributed by atoms with van der Waals surface area (Å²) in [6.07, 6.45) is 2.72. The molecule has 7 heteroatoms. The van der Waals surface area contributed by atoms with Crippen LogP contribution >= 0.6 is 0 Å². The normalized spacial score (nSPS) is 15.7. The number of fused-ring (bicyclic) bond motifs is 1. The standard InChI is InChI=1S/C16H18N6O/c17-16-19-14-10-11(13-4-5-18-21-13)2-3-12(14)15(20-16)22-6-1-8-23-9-7-22/h2-5,10H,1,6-9H2,(H,18,21)(H2,17,19,20). The van der Waals surface area contributed by atoms with Gasteiger partial charge < -0.3 is 15.4 Å². The summed E-state index contributed by atoms with van der Waals surface area (Å²) < 4.78 is 5.53. The molecule has 0 unspecified atom stereocenters. The Hall–Kier alpha value is -2.67. The van der Waals surface area contributed by atoms with Crippen molar-refractivity contribution < 1.29 is 4.74 Å². The fourth-order valence-corrected chi connectivity index (χ4v) is 2.91. The summed E-state index contributed by atoms with van der Waals surface area (Å²) in [4.78, 5) is 11.1. The van der Waals surface area contributed by atoms with E-state index in [1.807, 2.05) is 24.3 Å². The third kappa shape index (κ3) is 2.70. The SMILES string of the molecule is Nc1nc(N2CCCOCC2)c2ccc(-c3ccn[nH]3)cc2n1. The Morgan fingerprint density at radius 3 is 2.96 bits per heavy atom. The molecule has 3 aromatic rings. The molecule has 0 saturated carbocycles. The number of H-pyrrole nitrogens is 1. The number of nitrogens with one attached hydrogen (secondary N) is 1. The van der Waals surface area contributed by atoms with E-state index in [4.69, 9.17) is 10.5 Å². The molecule has 2 aromatic heterocycles. The maximum absolute atomic E-state index is 5.94. The molecule has 1 saturated heterocycles. The first-order valence-electron chi connectivity index (χ1n) is 7.71. The summed E-state index contributed by atoms with van der Waals surface area (Å²) in [6.45, 7) is 3.22. The van der Waals surface area contributed by atoms with Gasteiger partial charge in [-0.15, -0.1) is 0 Å². The maximum Gasteiger partial charge on any atom is 0.222 e. The van der Waals surface area contributed by atoms with Gasteiger partial charge in [0.25, 0.3) is 0 Å². The van der Waals surface area contributed by atoms with Gasteiger partial charge in [-0.25, -0.2) is 4.98 Å². The Morgan fingerprint density at radius 1 is 1.13 bits per heavy atom. The summed E-state index contributed by atoms with van der Waals surface area (Å²) in [5.41, 5.74) is 8.76. The minimum absolute atomic E-state index is 0.291. The van der Waals surface area contributed by atoms with Crippen LogP contribution in [-0.2, 0) is 4.74 Å². The van der Waals surface area contributed by atoms with Gasteiger partial charge in [0, 0.05) is 36.8 Å². The van der Waals surface area contributed by atoms with Crippen LogP contribution in [0.5, 0.6) is 0 Å². The lowest BCUT2D eigenvalue weighted by Gasteiger charge is -2.22. The number of hydrogen-bond donors (Lipinski definition) is 2. The van der Waals surface area contributed by atoms with E-state index < -0.39 is 0 Å². The highest BCUT2D eigenvalue weighted by molar-refractivity contribution is 5.93. The Labute approximate surface area is 133 Å². The molecule has 0 amide bonds. The van der Waals surface area contributed by atoms with Gasteiger partial charge in [0.2, 0.25) is 5.95 Å². The van der Waals surface area contributed by atoms with Gasteiger partial charge in [-0.3, -0.25) is 5.10 Å². The molecule has 118 valence electrons. The third-order valence-electron chi connectivity index (χ3n) is 4.03. The number of anilines is 2. The molecule has 3 N–H and O–H groups in total. The highest BCUT2D eigenvalue weighted by Gasteiger charge is 2.16. The van der Waals surface area contributed by atoms with Crippen LogP contribution < -0.4 is 10.6 Å². The van der Waals surface area contributed by atoms with Crippen LogP contribution in [0.1, 0.15) is 6.42 Å². The highest BCUT2D eigenvalue weighted by atomic mass is 16.5. The first-order valence-corrected chi connectivity index (χ1v) is 7.71. The number of aromatic nitrogens is 4. The van der Waals surface area contributed by atoms with Crippen molar-refractivity contribution >= 4 is 22.7 Å². The minimum atomic E-state index is 0.291. The molecule has 1 fully saturated rings. The topological polar surface area (TPSA) is 93.0 Å². The second-order valence-corrected chi connectivity index (χ2v) is 5.56. The number of nitrogens with zero attached hydrogens (tertiary/aromatic N) is 4. The lowest BCUT2D eigenvalue weighted by molar-refractivity contribution is 0.152. The Bertz CT molecular complexity index is 809. The second kappa shape index (κ2) is 5.85. The van der Waals surface area contributed by atoms with Crippen LogP contribution in [0, 0.1) is 0 Å². The molecular weight excluding hydrogens is 292 g/mol. The van der Waals surface area contributed by atoms with E-state index in [1.54, 1.807) is 6.20 Å². The molecule has 3 heterocycles. The molecule has 0 radical (unpaired) electrons. The molecular formula is C16H18N6O. The minimum Gasteiger partial charge on any atom is -0.380 e. The van der Waals surface area contributed by atoms with Crippen molar-refractivity contribution in [2.24, 2.45) is 0 Å². The van der Waals surface area contributed by atoms with Crippen molar-refractivity contribution in [2.75, 3.05) is 36.9 Å². The van der Waals surface area contributed by atoms with Crippen molar-refractivity contribution in [1.29, 1.82) is 0 Å². The van der Waals surface area contributed by atoms with Crippen molar-refractivity contribution in [3.63, 3.8) is 0 Å². The summed E-state index contributed by atoms with van der Waals surface area (Å²) in [6, 6.07) is 8.04. The predicted molar refractivity (Wildman–Crippen MR) is 89.2 cm³/mol. The summed E-state index contributed by atoms with van der Waals surface area (Å²) >= 11 is 0. The number of hydrogen-bond acceptors (Lipinski definition) is 6. The van der Waals surface area contributed by atoms with Gasteiger partial charge in [0.1, 0.15) is 5.82 Å². The molecule has 23 heavy (non-hydrogen) atoms. The Balaban J connectivity index is 1.81. The van der Waals surface area contributed by atoms with Crippen LogP contribution in [0.25, 0.3) is 22.2 Å². The van der Waals surface area contributed by atoms with Gasteiger partial charge in [0.15, 0.2) is 0 Å². The number of ether oxygens (including phenoxy) is 1. The van der Waals surface area contributed by atoms with Crippen LogP contribution in [0.2, 0.25) is 0 Å². The second-order valence-electron chi connectivity index (χ2n) is 5.56. The van der Waals surface area contributed by atoms with E-state index in [2.05, 4.69) is 25.1 Å². The average molecular weight is 310 g/mol. The lowest BCUT2D eigenvalue weighted by Crippen LogP contribution is -2.27. The molecule has 4 rings (SSSR count). The lowest BCUT2D eigenvalue weighted by atomic mass is 10.1. The van der Waals surface area contributed by atoms with Gasteiger partial charge in [-0.05, 0) is 24.6 Å². The van der Waals surface area contributed by atoms with Crippen LogP contribution in [-0.4, -0.2) is 46.5 Å². The number of nitrogens with two attached hydrogens (primary N) is 1. The fraction of sp³-hybridized carbons (Fsp3) is 0.312. The molecule has 1 aliphatic rings. The number of nitrogen functional groups attached to an aromatic ring is 1. The maximum atomic E-state index is 5.94. The summed E-state index contributed by atoms with van der Waals surface area (Å²) in [5.74, 6) is 1.17. The molecule has 0 aliphatic carbocycles. The molecule has 7 nitrogen and oxygen atoms in total. The highest BCUT2D eigenvalue weighted by Crippen LogP contribution is 2.29. The first-order chi connectivity index (χ1) is 11.3.